The van der Waals surface area contributed by atoms with E-state index in [0.717, 1.165) is 21.7 Å². The van der Waals surface area contributed by atoms with Crippen LogP contribution in [-0.4, -0.2) is 31.1 Å². The Balaban J connectivity index is 1.13. The van der Waals surface area contributed by atoms with Crippen molar-refractivity contribution < 1.29 is 19.1 Å². The molecule has 4 aromatic carbocycles. The SMILES string of the molecule is Cc1ccc(CN2C(=O)C(=Cc3ccc(C(=O)NCC4COc5ccccc5O4)cc3)Sc3ccccc32)cc1. The van der Waals surface area contributed by atoms with Crippen LogP contribution in [0.15, 0.2) is 107 Å². The molecule has 2 amide bonds. The van der Waals surface area contributed by atoms with Crippen molar-refractivity contribution in [3.8, 4) is 11.5 Å². The first-order chi connectivity index (χ1) is 19.5. The molecule has 0 bridgehead atoms. The highest BCUT2D eigenvalue weighted by Gasteiger charge is 2.29. The minimum Gasteiger partial charge on any atom is -0.486 e. The summed E-state index contributed by atoms with van der Waals surface area (Å²) in [4.78, 5) is 29.9. The maximum Gasteiger partial charge on any atom is 0.265 e. The maximum atomic E-state index is 13.6. The van der Waals surface area contributed by atoms with Crippen molar-refractivity contribution in [2.75, 3.05) is 18.1 Å². The Kier molecular flexibility index (Phi) is 7.29. The zero-order valence-corrected chi connectivity index (χ0v) is 22.8. The number of rotatable bonds is 6. The molecule has 200 valence electrons. The lowest BCUT2D eigenvalue weighted by atomic mass is 10.1. The second kappa shape index (κ2) is 11.3. The Bertz CT molecular complexity index is 1580. The van der Waals surface area contributed by atoms with Gasteiger partial charge >= 0.3 is 0 Å². The largest absolute Gasteiger partial charge is 0.486 e. The highest BCUT2D eigenvalue weighted by molar-refractivity contribution is 8.04. The van der Waals surface area contributed by atoms with Gasteiger partial charge in [-0.25, -0.2) is 0 Å². The summed E-state index contributed by atoms with van der Waals surface area (Å²) in [5.41, 5.74) is 4.56. The lowest BCUT2D eigenvalue weighted by molar-refractivity contribution is -0.114. The van der Waals surface area contributed by atoms with E-state index in [1.807, 2.05) is 71.6 Å². The molecule has 1 unspecified atom stereocenters. The van der Waals surface area contributed by atoms with E-state index in [0.29, 0.717) is 41.7 Å². The average molecular weight is 549 g/mol. The number of nitrogens with zero attached hydrogens (tertiary/aromatic N) is 1. The molecule has 0 aliphatic carbocycles. The van der Waals surface area contributed by atoms with Crippen molar-refractivity contribution in [2.45, 2.75) is 24.5 Å². The number of hydrogen-bond donors (Lipinski definition) is 1. The molecule has 0 spiro atoms. The molecule has 40 heavy (non-hydrogen) atoms. The van der Waals surface area contributed by atoms with Gasteiger partial charge in [-0.1, -0.05) is 78.0 Å². The number of ether oxygens (including phenoxy) is 2. The van der Waals surface area contributed by atoms with Crippen LogP contribution >= 0.6 is 11.8 Å². The molecule has 0 radical (unpaired) electrons. The van der Waals surface area contributed by atoms with Gasteiger partial charge < -0.3 is 19.7 Å². The van der Waals surface area contributed by atoms with Crippen LogP contribution in [0.3, 0.4) is 0 Å². The monoisotopic (exact) mass is 548 g/mol. The third kappa shape index (κ3) is 5.60. The predicted molar refractivity (Wildman–Crippen MR) is 158 cm³/mol. The molecule has 6 nitrogen and oxygen atoms in total. The lowest BCUT2D eigenvalue weighted by Crippen LogP contribution is -2.40. The first kappa shape index (κ1) is 25.8. The molecule has 0 aromatic heterocycles. The molecule has 7 heteroatoms. The van der Waals surface area contributed by atoms with E-state index in [2.05, 4.69) is 36.5 Å². The van der Waals surface area contributed by atoms with Gasteiger partial charge in [0.1, 0.15) is 12.7 Å². The number of hydrogen-bond acceptors (Lipinski definition) is 5. The molecule has 2 heterocycles. The van der Waals surface area contributed by atoms with Crippen molar-refractivity contribution in [3.05, 3.63) is 124 Å². The summed E-state index contributed by atoms with van der Waals surface area (Å²) in [6.07, 6.45) is 1.63. The smallest absolute Gasteiger partial charge is 0.265 e. The van der Waals surface area contributed by atoms with Gasteiger partial charge in [0.2, 0.25) is 0 Å². The van der Waals surface area contributed by atoms with E-state index in [1.54, 1.807) is 12.1 Å². The minimum absolute atomic E-state index is 0.0395. The van der Waals surface area contributed by atoms with Gasteiger partial charge in [-0.15, -0.1) is 0 Å². The first-order valence-corrected chi connectivity index (χ1v) is 14.0. The Morgan fingerprint density at radius 3 is 2.48 bits per heavy atom. The molecular formula is C33H28N2O4S. The standard InChI is InChI=1S/C33H28N2O4S/c1-22-10-12-24(13-11-22)20-35-27-6-2-5-9-30(27)40-31(33(35)37)18-23-14-16-25(17-15-23)32(36)34-19-26-21-38-28-7-3-4-8-29(28)39-26/h2-18,26H,19-21H2,1H3,(H,34,36). The van der Waals surface area contributed by atoms with Crippen molar-refractivity contribution in [1.82, 2.24) is 5.32 Å². The molecule has 6 rings (SSSR count). The average Bonchev–Trinajstić information content (AvgIpc) is 2.99. The number of para-hydroxylation sites is 3. The van der Waals surface area contributed by atoms with Crippen molar-refractivity contribution in [3.63, 3.8) is 0 Å². The summed E-state index contributed by atoms with van der Waals surface area (Å²) in [6, 6.07) is 31.0. The number of benzene rings is 4. The highest BCUT2D eigenvalue weighted by atomic mass is 32.2. The number of carbonyl (C=O) groups is 2. The molecule has 0 fully saturated rings. The highest BCUT2D eigenvalue weighted by Crippen LogP contribution is 2.42. The molecule has 0 saturated carbocycles. The van der Waals surface area contributed by atoms with E-state index < -0.39 is 0 Å². The summed E-state index contributed by atoms with van der Waals surface area (Å²) in [7, 11) is 0. The molecule has 2 aliphatic rings. The quantitative estimate of drug-likeness (QED) is 0.289. The summed E-state index contributed by atoms with van der Waals surface area (Å²) in [6.45, 7) is 3.26. The molecule has 2 aliphatic heterocycles. The van der Waals surface area contributed by atoms with Crippen LogP contribution in [0.1, 0.15) is 27.0 Å². The van der Waals surface area contributed by atoms with E-state index >= 15 is 0 Å². The third-order valence-electron chi connectivity index (χ3n) is 6.82. The zero-order chi connectivity index (χ0) is 27.5. The predicted octanol–water partition coefficient (Wildman–Crippen LogP) is 6.24. The molecule has 1 atom stereocenters. The zero-order valence-electron chi connectivity index (χ0n) is 22.0. The van der Waals surface area contributed by atoms with Crippen molar-refractivity contribution in [2.24, 2.45) is 0 Å². The van der Waals surface area contributed by atoms with Crippen LogP contribution in [0.5, 0.6) is 11.5 Å². The van der Waals surface area contributed by atoms with Crippen LogP contribution in [0.4, 0.5) is 5.69 Å². The van der Waals surface area contributed by atoms with Crippen LogP contribution < -0.4 is 19.7 Å². The van der Waals surface area contributed by atoms with Gasteiger partial charge in [-0.3, -0.25) is 9.59 Å². The fraction of sp³-hybridized carbons (Fsp3) is 0.152. The fourth-order valence-electron chi connectivity index (χ4n) is 4.65. The van der Waals surface area contributed by atoms with Gasteiger partial charge in [-0.2, -0.15) is 0 Å². The number of anilines is 1. The summed E-state index contributed by atoms with van der Waals surface area (Å²) in [5, 5.41) is 2.93. The van der Waals surface area contributed by atoms with E-state index in [4.69, 9.17) is 9.47 Å². The Hall–Kier alpha value is -4.49. The maximum absolute atomic E-state index is 13.6. The van der Waals surface area contributed by atoms with Crippen LogP contribution in [0, 0.1) is 6.92 Å². The second-order valence-corrected chi connectivity index (χ2v) is 10.9. The molecular weight excluding hydrogens is 520 g/mol. The van der Waals surface area contributed by atoms with E-state index in [-0.39, 0.29) is 17.9 Å². The van der Waals surface area contributed by atoms with Gasteiger partial charge in [0.15, 0.2) is 11.5 Å². The summed E-state index contributed by atoms with van der Waals surface area (Å²) in [5.74, 6) is 1.16. The van der Waals surface area contributed by atoms with Crippen LogP contribution in [0.2, 0.25) is 0 Å². The lowest BCUT2D eigenvalue weighted by Gasteiger charge is -2.30. The number of nitrogens with one attached hydrogen (secondary N) is 1. The topological polar surface area (TPSA) is 67.9 Å². The number of fused-ring (bicyclic) bond motifs is 2. The molecule has 1 N–H and O–H groups in total. The van der Waals surface area contributed by atoms with Gasteiger partial charge in [0.05, 0.1) is 23.7 Å². The normalized spacial score (nSPS) is 16.9. The van der Waals surface area contributed by atoms with Gasteiger partial charge in [0.25, 0.3) is 11.8 Å². The van der Waals surface area contributed by atoms with Crippen LogP contribution in [-0.2, 0) is 11.3 Å². The number of aryl methyl sites for hydroxylation is 1. The molecule has 4 aromatic rings. The summed E-state index contributed by atoms with van der Waals surface area (Å²) >= 11 is 1.47. The first-order valence-electron chi connectivity index (χ1n) is 13.2. The van der Waals surface area contributed by atoms with Crippen molar-refractivity contribution in [1.29, 1.82) is 0 Å². The molecule has 0 saturated heterocycles. The fourth-order valence-corrected chi connectivity index (χ4v) is 5.71. The third-order valence-corrected chi connectivity index (χ3v) is 7.90. The Morgan fingerprint density at radius 1 is 0.950 bits per heavy atom. The minimum atomic E-state index is -0.261. The van der Waals surface area contributed by atoms with Crippen molar-refractivity contribution >= 4 is 35.3 Å². The number of amides is 2. The van der Waals surface area contributed by atoms with Gasteiger partial charge in [0, 0.05) is 10.5 Å². The van der Waals surface area contributed by atoms with E-state index in [9.17, 15) is 9.59 Å². The number of thioether (sulfide) groups is 1. The van der Waals surface area contributed by atoms with Gasteiger partial charge in [-0.05, 0) is 60.5 Å². The number of carbonyl (C=O) groups excluding carboxylic acids is 2. The van der Waals surface area contributed by atoms with Crippen LogP contribution in [0.25, 0.3) is 6.08 Å². The summed E-state index contributed by atoms with van der Waals surface area (Å²) < 4.78 is 11.6. The Morgan fingerprint density at radius 2 is 1.68 bits per heavy atom. The Labute approximate surface area is 237 Å². The second-order valence-electron chi connectivity index (χ2n) is 9.78. The van der Waals surface area contributed by atoms with E-state index in [1.165, 1.54) is 17.3 Å².